The molecule has 0 aliphatic heterocycles. The number of carbonyl (C=O) groups excluding carboxylic acids is 1. The van der Waals surface area contributed by atoms with E-state index in [-0.39, 0.29) is 11.5 Å². The number of aromatic nitrogens is 5. The van der Waals surface area contributed by atoms with E-state index in [0.29, 0.717) is 36.7 Å². The van der Waals surface area contributed by atoms with Gasteiger partial charge in [0.1, 0.15) is 16.5 Å². The lowest BCUT2D eigenvalue weighted by Gasteiger charge is -2.05. The van der Waals surface area contributed by atoms with Crippen LogP contribution < -0.4 is 10.9 Å². The summed E-state index contributed by atoms with van der Waals surface area (Å²) in [5.41, 5.74) is 1.97. The highest BCUT2D eigenvalue weighted by molar-refractivity contribution is 7.98. The normalized spacial score (nSPS) is 13.2. The van der Waals surface area contributed by atoms with E-state index in [4.69, 9.17) is 0 Å². The number of aromatic amines is 1. The van der Waals surface area contributed by atoms with Gasteiger partial charge in [-0.3, -0.25) is 14.0 Å². The maximum absolute atomic E-state index is 12.5. The highest BCUT2D eigenvalue weighted by Crippen LogP contribution is 2.34. The van der Waals surface area contributed by atoms with Crippen molar-refractivity contribution in [3.05, 3.63) is 56.8 Å². The molecule has 4 aromatic heterocycles. The summed E-state index contributed by atoms with van der Waals surface area (Å²) in [6, 6.07) is 5.75. The van der Waals surface area contributed by atoms with Crippen molar-refractivity contribution in [3.8, 4) is 0 Å². The number of hydrogen-bond donors (Lipinski definition) is 2. The van der Waals surface area contributed by atoms with Crippen molar-refractivity contribution >= 4 is 44.9 Å². The number of pyridine rings is 1. The van der Waals surface area contributed by atoms with E-state index in [1.807, 2.05) is 28.8 Å². The summed E-state index contributed by atoms with van der Waals surface area (Å²) >= 11 is 3.25. The molecule has 5 rings (SSSR count). The number of thiophene rings is 1. The Labute approximate surface area is 186 Å². The van der Waals surface area contributed by atoms with E-state index in [0.717, 1.165) is 41.0 Å². The molecule has 0 unspecified atom stereocenters. The lowest BCUT2D eigenvalue weighted by molar-refractivity contribution is -0.120. The van der Waals surface area contributed by atoms with Crippen molar-refractivity contribution in [2.24, 2.45) is 0 Å². The summed E-state index contributed by atoms with van der Waals surface area (Å²) in [6.45, 7) is 0.522. The molecule has 10 heteroatoms. The lowest BCUT2D eigenvalue weighted by atomic mass is 10.2. The summed E-state index contributed by atoms with van der Waals surface area (Å²) in [7, 11) is 0. The minimum absolute atomic E-state index is 0.00732. The first kappa shape index (κ1) is 20.2. The number of thioether (sulfide) groups is 1. The molecule has 0 bridgehead atoms. The van der Waals surface area contributed by atoms with Crippen LogP contribution in [0, 0.1) is 0 Å². The van der Waals surface area contributed by atoms with Gasteiger partial charge in [-0.05, 0) is 37.0 Å². The predicted molar refractivity (Wildman–Crippen MR) is 123 cm³/mol. The minimum atomic E-state index is -0.0289. The molecule has 1 aliphatic carbocycles. The number of hydrogen-bond acceptors (Lipinski definition) is 7. The van der Waals surface area contributed by atoms with Crippen LogP contribution in [0.5, 0.6) is 0 Å². The van der Waals surface area contributed by atoms with Gasteiger partial charge in [-0.15, -0.1) is 21.5 Å². The SMILES string of the molecule is O=C(CCSCc1nc2sc3c(c2c(=O)[nH]1)CCC3)NCCc1nnc2ccccn12. The Hall–Kier alpha value is -2.72. The summed E-state index contributed by atoms with van der Waals surface area (Å²) < 4.78 is 1.93. The summed E-state index contributed by atoms with van der Waals surface area (Å²) in [5.74, 6) is 2.78. The van der Waals surface area contributed by atoms with Gasteiger partial charge in [0.05, 0.1) is 11.1 Å². The van der Waals surface area contributed by atoms with Gasteiger partial charge in [0.25, 0.3) is 5.56 Å². The molecule has 1 aliphatic rings. The third-order valence-electron chi connectivity index (χ3n) is 5.39. The van der Waals surface area contributed by atoms with Gasteiger partial charge in [0.2, 0.25) is 5.91 Å². The average Bonchev–Trinajstić information content (AvgIpc) is 3.46. The molecule has 0 radical (unpaired) electrons. The molecule has 0 aromatic carbocycles. The molecule has 160 valence electrons. The Morgan fingerprint density at radius 1 is 1.29 bits per heavy atom. The number of carbonyl (C=O) groups is 1. The van der Waals surface area contributed by atoms with Crippen LogP contribution in [0.15, 0.2) is 29.2 Å². The van der Waals surface area contributed by atoms with Crippen LogP contribution in [-0.2, 0) is 29.8 Å². The molecule has 0 atom stereocenters. The van der Waals surface area contributed by atoms with Crippen LogP contribution >= 0.6 is 23.1 Å². The van der Waals surface area contributed by atoms with Crippen molar-refractivity contribution in [2.75, 3.05) is 12.3 Å². The maximum Gasteiger partial charge on any atom is 0.259 e. The Balaban J connectivity index is 1.07. The number of H-pyrrole nitrogens is 1. The molecule has 4 aromatic rings. The topological polar surface area (TPSA) is 105 Å². The van der Waals surface area contributed by atoms with Crippen LogP contribution in [0.3, 0.4) is 0 Å². The van der Waals surface area contributed by atoms with Gasteiger partial charge in [0.15, 0.2) is 5.65 Å². The minimum Gasteiger partial charge on any atom is -0.356 e. The van der Waals surface area contributed by atoms with Crippen LogP contribution in [0.25, 0.3) is 15.9 Å². The molecule has 1 amide bonds. The number of fused-ring (bicyclic) bond motifs is 4. The number of amides is 1. The maximum atomic E-state index is 12.5. The molecule has 8 nitrogen and oxygen atoms in total. The Kier molecular flexibility index (Phi) is 5.73. The Morgan fingerprint density at radius 2 is 2.23 bits per heavy atom. The number of rotatable bonds is 8. The first-order valence-electron chi connectivity index (χ1n) is 10.4. The van der Waals surface area contributed by atoms with Crippen molar-refractivity contribution in [1.29, 1.82) is 0 Å². The van der Waals surface area contributed by atoms with Gasteiger partial charge in [-0.1, -0.05) is 6.07 Å². The summed E-state index contributed by atoms with van der Waals surface area (Å²) in [6.07, 6.45) is 6.14. The smallest absolute Gasteiger partial charge is 0.259 e. The highest BCUT2D eigenvalue weighted by Gasteiger charge is 2.21. The average molecular weight is 455 g/mol. The zero-order valence-electron chi connectivity index (χ0n) is 16.9. The second kappa shape index (κ2) is 8.80. The van der Waals surface area contributed by atoms with E-state index < -0.39 is 0 Å². The van der Waals surface area contributed by atoms with Gasteiger partial charge in [-0.2, -0.15) is 11.8 Å². The molecule has 0 spiro atoms. The first-order valence-corrected chi connectivity index (χ1v) is 12.3. The molecule has 0 saturated heterocycles. The number of nitrogens with zero attached hydrogens (tertiary/aromatic N) is 4. The van der Waals surface area contributed by atoms with Crippen molar-refractivity contribution in [3.63, 3.8) is 0 Å². The molecule has 0 fully saturated rings. The van der Waals surface area contributed by atoms with E-state index in [1.54, 1.807) is 23.1 Å². The lowest BCUT2D eigenvalue weighted by Crippen LogP contribution is -2.26. The number of aryl methyl sites for hydroxylation is 2. The van der Waals surface area contributed by atoms with Crippen molar-refractivity contribution < 1.29 is 4.79 Å². The second-order valence-electron chi connectivity index (χ2n) is 7.50. The van der Waals surface area contributed by atoms with Crippen LogP contribution in [-0.4, -0.2) is 42.8 Å². The first-order chi connectivity index (χ1) is 15.2. The highest BCUT2D eigenvalue weighted by atomic mass is 32.2. The molecule has 0 saturated carbocycles. The fraction of sp³-hybridized carbons (Fsp3) is 0.381. The van der Waals surface area contributed by atoms with E-state index >= 15 is 0 Å². The van der Waals surface area contributed by atoms with Crippen molar-refractivity contribution in [2.45, 2.75) is 37.9 Å². The molecule has 2 N–H and O–H groups in total. The molecular formula is C21H22N6O2S2. The zero-order chi connectivity index (χ0) is 21.2. The van der Waals surface area contributed by atoms with Crippen molar-refractivity contribution in [1.82, 2.24) is 29.9 Å². The van der Waals surface area contributed by atoms with Gasteiger partial charge < -0.3 is 10.3 Å². The monoisotopic (exact) mass is 454 g/mol. The summed E-state index contributed by atoms with van der Waals surface area (Å²) in [5, 5.41) is 12.0. The fourth-order valence-corrected chi connectivity index (χ4v) is 6.00. The second-order valence-corrected chi connectivity index (χ2v) is 9.69. The van der Waals surface area contributed by atoms with Gasteiger partial charge >= 0.3 is 0 Å². The standard InChI is InChI=1S/C21H22N6O2S2/c28-18(22-9-7-17-26-25-16-6-1-2-10-27(16)17)8-11-30-12-15-23-20(29)19-13-4-3-5-14(13)31-21(19)24-15/h1-2,6,10H,3-5,7-9,11-12H2,(H,22,28)(H,23,24,29). The summed E-state index contributed by atoms with van der Waals surface area (Å²) in [4.78, 5) is 34.3. The number of nitrogens with one attached hydrogen (secondary N) is 2. The zero-order valence-corrected chi connectivity index (χ0v) is 18.5. The largest absolute Gasteiger partial charge is 0.356 e. The van der Waals surface area contributed by atoms with Crippen LogP contribution in [0.2, 0.25) is 0 Å². The van der Waals surface area contributed by atoms with Crippen LogP contribution in [0.4, 0.5) is 0 Å². The predicted octanol–water partition coefficient (Wildman–Crippen LogP) is 2.50. The third kappa shape index (κ3) is 4.22. The Bertz CT molecular complexity index is 1310. The molecule has 4 heterocycles. The fourth-order valence-electron chi connectivity index (χ4n) is 3.91. The quantitative estimate of drug-likeness (QED) is 0.396. The van der Waals surface area contributed by atoms with Gasteiger partial charge in [0, 0.05) is 36.2 Å². The van der Waals surface area contributed by atoms with E-state index in [1.165, 1.54) is 10.4 Å². The third-order valence-corrected chi connectivity index (χ3v) is 7.55. The van der Waals surface area contributed by atoms with E-state index in [9.17, 15) is 9.59 Å². The van der Waals surface area contributed by atoms with Gasteiger partial charge in [-0.25, -0.2) is 4.98 Å². The molecular weight excluding hydrogens is 432 g/mol. The Morgan fingerprint density at radius 3 is 3.16 bits per heavy atom. The van der Waals surface area contributed by atoms with Crippen LogP contribution in [0.1, 0.15) is 34.9 Å². The molecule has 31 heavy (non-hydrogen) atoms. The van der Waals surface area contributed by atoms with E-state index in [2.05, 4.69) is 25.5 Å².